The lowest BCUT2D eigenvalue weighted by Crippen LogP contribution is -2.56. The molecule has 2 nitrogen and oxygen atoms in total. The smallest absolute Gasteiger partial charge is 0.115 e. The molecule has 84 heavy (non-hydrogen) atoms. The number of nitrogens with zero attached hydrogens (tertiary/aromatic N) is 2. The van der Waals surface area contributed by atoms with E-state index in [-0.39, 0.29) is 274 Å². The summed E-state index contributed by atoms with van der Waals surface area (Å²) in [6.07, 6.45) is 0. The summed E-state index contributed by atoms with van der Waals surface area (Å²) in [4.78, 5) is 0. The Morgan fingerprint density at radius 3 is 0.679 bits per heavy atom. The van der Waals surface area contributed by atoms with Crippen molar-refractivity contribution in [2.24, 2.45) is 0 Å². The van der Waals surface area contributed by atoms with Crippen molar-refractivity contribution in [2.45, 2.75) is 0 Å². The number of benzene rings is 9. The highest BCUT2D eigenvalue weighted by Crippen LogP contribution is 2.34. The summed E-state index contributed by atoms with van der Waals surface area (Å²) in [6.45, 7) is 0. The predicted octanol–water partition coefficient (Wildman–Crippen LogP) is -25.1. The molecule has 0 bridgehead atoms. The minimum absolute atomic E-state index is 0.000611. The van der Waals surface area contributed by atoms with E-state index in [0.717, 1.165) is 0 Å². The highest BCUT2D eigenvalue weighted by atomic mass is 15.0. The second-order valence-corrected chi connectivity index (χ2v) is 20.5. The summed E-state index contributed by atoms with van der Waals surface area (Å²) >= 11 is 0. The van der Waals surface area contributed by atoms with Crippen LogP contribution in [0.4, 0.5) is 0 Å². The van der Waals surface area contributed by atoms with Gasteiger partial charge in [0.2, 0.25) is 0 Å². The first kappa shape index (κ1) is 60.8. The number of hydrogen-bond donors (Lipinski definition) is 0. The van der Waals surface area contributed by atoms with Crippen LogP contribution in [0.25, 0.3) is 98.8 Å². The van der Waals surface area contributed by atoms with Crippen LogP contribution in [0.1, 0.15) is 0 Å². The molecule has 0 aliphatic carbocycles. The average molecular weight is 975 g/mol. The first-order chi connectivity index (χ1) is 39.1. The van der Waals surface area contributed by atoms with Gasteiger partial charge in [-0.25, -0.2) is 0 Å². The van der Waals surface area contributed by atoms with Gasteiger partial charge in [0, 0.05) is 49.6 Å². The fraction of sp³-hybridized carbons (Fsp3) is 0. The van der Waals surface area contributed by atoms with Crippen LogP contribution in [0, 0.1) is 0 Å². The maximum atomic E-state index is 7.51. The van der Waals surface area contributed by atoms with Gasteiger partial charge in [-0.05, 0) is 49.2 Å². The molecule has 306 valence electrons. The van der Waals surface area contributed by atoms with Crippen LogP contribution in [-0.2, 0) is 0 Å². The van der Waals surface area contributed by atoms with Crippen LogP contribution < -0.4 is 175 Å². The molecular weight excluding hydrogens is 975 g/mol. The third kappa shape index (κ3) is 7.57. The summed E-state index contributed by atoms with van der Waals surface area (Å²) in [5.41, 5.74) is -6.14. The fourth-order valence-electron chi connectivity index (χ4n) is 12.0. The molecule has 0 unspecified atom stereocenters. The summed E-state index contributed by atoms with van der Waals surface area (Å²) in [6, 6.07) is 0. The Morgan fingerprint density at radius 2 is 0.286 bits per heavy atom. The molecular formula is C50B32N2. The topological polar surface area (TPSA) is 9.86 Å². The van der Waals surface area contributed by atoms with Crippen molar-refractivity contribution >= 4 is 491 Å². The molecule has 0 atom stereocenters. The van der Waals surface area contributed by atoms with Gasteiger partial charge < -0.3 is 9.13 Å². The lowest BCUT2D eigenvalue weighted by Gasteiger charge is -2.30. The first-order valence-electron chi connectivity index (χ1n) is 24.6. The van der Waals surface area contributed by atoms with E-state index in [1.54, 1.807) is 0 Å². The Balaban J connectivity index is 1.32. The van der Waals surface area contributed by atoms with Crippen LogP contribution in [0.15, 0.2) is 0 Å². The Labute approximate surface area is 529 Å². The van der Waals surface area contributed by atoms with Crippen molar-refractivity contribution in [3.63, 3.8) is 0 Å². The molecule has 64 radical (unpaired) electrons. The zero-order valence-electron chi connectivity index (χ0n) is 44.4. The molecule has 0 aliphatic rings. The van der Waals surface area contributed by atoms with Gasteiger partial charge in [0.15, 0.2) is 0 Å². The van der Waals surface area contributed by atoms with Gasteiger partial charge in [0.25, 0.3) is 0 Å². The molecule has 0 amide bonds. The van der Waals surface area contributed by atoms with Crippen LogP contribution in [-0.4, -0.2) is 260 Å². The number of hydrogen-bond acceptors (Lipinski definition) is 0. The van der Waals surface area contributed by atoms with E-state index in [9.17, 15) is 0 Å². The van der Waals surface area contributed by atoms with Gasteiger partial charge in [-0.15, -0.1) is 49.2 Å². The lowest BCUT2D eigenvalue weighted by atomic mass is 9.56. The predicted molar refractivity (Wildman–Crippen MR) is 393 cm³/mol. The molecule has 11 rings (SSSR count). The van der Waals surface area contributed by atoms with Crippen LogP contribution >= 0.6 is 0 Å². The maximum Gasteiger partial charge on any atom is 0.115 e. The quantitative estimate of drug-likeness (QED) is 0.156. The Hall–Kier alpha value is -4.82. The Bertz CT molecular complexity index is 4980. The van der Waals surface area contributed by atoms with Crippen LogP contribution in [0.2, 0.25) is 0 Å². The van der Waals surface area contributed by atoms with Crippen LogP contribution in [0.5, 0.6) is 0 Å². The van der Waals surface area contributed by atoms with E-state index in [4.69, 9.17) is 251 Å². The summed E-state index contributed by atoms with van der Waals surface area (Å²) < 4.78 is 2.77. The number of fused-ring (bicyclic) bond motifs is 9. The molecule has 0 spiro atoms. The normalized spacial score (nSPS) is 11.9. The SMILES string of the molecule is [B]c1c([B])c([B])c(-n2c3c([B])c([B])c(-c4c([B])c([B])c5c(c4[B])c4c([B])c([B])c([B])c([B])c4n5-c4c([B])c([B])c(-c5c([B])c([B])c6c([B])c([B])c([B])c([B])c6c5[B])c([B])c4[B])c([B])c3c3c4c([B])c([B])c([B])c([B])c4c([B])c([B])c32)c([B])c1[B]. The molecule has 2 aromatic heterocycles. The van der Waals surface area contributed by atoms with E-state index >= 15 is 0 Å². The van der Waals surface area contributed by atoms with E-state index in [2.05, 4.69) is 0 Å². The number of aromatic nitrogens is 2. The third-order valence-electron chi connectivity index (χ3n) is 16.4. The molecule has 11 aromatic rings. The minimum atomic E-state index is -0.288. The number of rotatable bonds is 4. The summed E-state index contributed by atoms with van der Waals surface area (Å²) in [5.74, 6) is 0. The van der Waals surface area contributed by atoms with Gasteiger partial charge in [-0.1, -0.05) is 126 Å². The largest absolute Gasteiger partial charge is 0.312 e. The first-order valence-corrected chi connectivity index (χ1v) is 24.6. The molecule has 34 heteroatoms. The van der Waals surface area contributed by atoms with E-state index in [1.807, 2.05) is 0 Å². The van der Waals surface area contributed by atoms with Gasteiger partial charge in [-0.2, -0.15) is 0 Å². The summed E-state index contributed by atoms with van der Waals surface area (Å²) in [7, 11) is 218. The summed E-state index contributed by atoms with van der Waals surface area (Å²) in [5, 5.41) is 0.526. The molecule has 0 saturated heterocycles. The van der Waals surface area contributed by atoms with Gasteiger partial charge in [0.05, 0.1) is 0 Å². The minimum Gasteiger partial charge on any atom is -0.312 e. The molecule has 9 aromatic carbocycles. The second-order valence-electron chi connectivity index (χ2n) is 20.5. The zero-order chi connectivity index (χ0) is 62.0. The highest BCUT2D eigenvalue weighted by molar-refractivity contribution is 6.78. The molecule has 2 heterocycles. The maximum absolute atomic E-state index is 7.51. The average Bonchev–Trinajstić information content (AvgIpc) is 1.56. The molecule has 0 N–H and O–H groups in total. The van der Waals surface area contributed by atoms with Crippen molar-refractivity contribution in [2.75, 3.05) is 0 Å². The van der Waals surface area contributed by atoms with E-state index < -0.39 is 0 Å². The van der Waals surface area contributed by atoms with Crippen molar-refractivity contribution in [3.8, 4) is 33.6 Å². The van der Waals surface area contributed by atoms with Crippen LogP contribution in [0.3, 0.4) is 0 Å². The monoisotopic (exact) mass is 980 g/mol. The van der Waals surface area contributed by atoms with Crippen molar-refractivity contribution < 1.29 is 0 Å². The lowest BCUT2D eigenvalue weighted by molar-refractivity contribution is 1.22. The van der Waals surface area contributed by atoms with Crippen molar-refractivity contribution in [1.82, 2.24) is 9.13 Å². The van der Waals surface area contributed by atoms with Gasteiger partial charge >= 0.3 is 0 Å². The molecule has 0 fully saturated rings. The van der Waals surface area contributed by atoms with Crippen molar-refractivity contribution in [1.29, 1.82) is 0 Å². The molecule has 0 saturated carbocycles. The van der Waals surface area contributed by atoms with Crippen molar-refractivity contribution in [3.05, 3.63) is 0 Å². The standard InChI is InChI=1S/C50B32N2/c51-13-6(17(55)18(56)8-7(13)20(58)30(68)31(69)21(8)59)9-25(63)40(78)49(41(79)26(9)64)84-47-11(12-27(65)32(70)34(72)42(80)48(12)84)15(53)5(24(62)39(47)77)4-14(52)10-2-1-3(19(57)29(67)28(66)16(1)54)22(60)37(75)45(2)83(46(10)38(76)23(4)61)50-43(81)35(73)33(71)36(74)44(50)82. The fourth-order valence-corrected chi connectivity index (χ4v) is 12.0. The van der Waals surface area contributed by atoms with Gasteiger partial charge in [0.1, 0.15) is 251 Å². The van der Waals surface area contributed by atoms with E-state index in [1.165, 1.54) is 9.13 Å². The zero-order valence-corrected chi connectivity index (χ0v) is 44.4. The Morgan fingerprint density at radius 1 is 0.119 bits per heavy atom. The second kappa shape index (κ2) is 20.4. The third-order valence-corrected chi connectivity index (χ3v) is 16.4. The Kier molecular flexibility index (Phi) is 14.8. The van der Waals surface area contributed by atoms with Gasteiger partial charge in [-0.3, -0.25) is 0 Å². The highest BCUT2D eigenvalue weighted by Gasteiger charge is 2.32. The van der Waals surface area contributed by atoms with E-state index in [0.29, 0.717) is 0 Å². The molecule has 0 aliphatic heterocycles.